The molecule has 132 valence electrons. The van der Waals surface area contributed by atoms with Crippen LogP contribution in [-0.4, -0.2) is 37.4 Å². The van der Waals surface area contributed by atoms with Gasteiger partial charge in [0.25, 0.3) is 0 Å². The van der Waals surface area contributed by atoms with E-state index in [1.54, 1.807) is 48.5 Å². The summed E-state index contributed by atoms with van der Waals surface area (Å²) in [5.74, 6) is 1.24. The molecule has 0 N–H and O–H groups in total. The third-order valence-electron chi connectivity index (χ3n) is 4.11. The number of benzene rings is 2. The van der Waals surface area contributed by atoms with Crippen LogP contribution in [0.1, 0.15) is 20.7 Å². The van der Waals surface area contributed by atoms with Crippen LogP contribution in [0.25, 0.3) is 0 Å². The minimum atomic E-state index is -0.670. The Hall–Kier alpha value is -3.10. The number of ether oxygens (including phenoxy) is 3. The smallest absolute Gasteiger partial charge is 0.338 e. The van der Waals surface area contributed by atoms with Crippen LogP contribution in [0.3, 0.4) is 0 Å². The SMILES string of the molecule is C#CC1COC(COC(=O)c2ccccc2)C1OC(=O)c1ccccc1. The van der Waals surface area contributed by atoms with E-state index < -0.39 is 24.1 Å². The fraction of sp³-hybridized carbons (Fsp3) is 0.238. The van der Waals surface area contributed by atoms with E-state index in [0.29, 0.717) is 11.1 Å². The van der Waals surface area contributed by atoms with Gasteiger partial charge in [0.1, 0.15) is 18.8 Å². The molecule has 1 aliphatic rings. The summed E-state index contributed by atoms with van der Waals surface area (Å²) in [5.41, 5.74) is 0.868. The highest BCUT2D eigenvalue weighted by Gasteiger charge is 2.40. The molecule has 1 fully saturated rings. The van der Waals surface area contributed by atoms with Crippen LogP contribution in [0.2, 0.25) is 0 Å². The molecule has 3 unspecified atom stereocenters. The minimum Gasteiger partial charge on any atom is -0.459 e. The van der Waals surface area contributed by atoms with Crippen molar-refractivity contribution in [2.75, 3.05) is 13.2 Å². The van der Waals surface area contributed by atoms with E-state index in [2.05, 4.69) is 5.92 Å². The molecule has 5 nitrogen and oxygen atoms in total. The predicted molar refractivity (Wildman–Crippen MR) is 94.4 cm³/mol. The van der Waals surface area contributed by atoms with Gasteiger partial charge in [0.2, 0.25) is 0 Å². The van der Waals surface area contributed by atoms with E-state index in [0.717, 1.165) is 0 Å². The zero-order valence-electron chi connectivity index (χ0n) is 14.0. The monoisotopic (exact) mass is 350 g/mol. The summed E-state index contributed by atoms with van der Waals surface area (Å²) in [5, 5.41) is 0. The fourth-order valence-electron chi connectivity index (χ4n) is 2.70. The molecule has 0 radical (unpaired) electrons. The van der Waals surface area contributed by atoms with Crippen molar-refractivity contribution in [3.63, 3.8) is 0 Å². The lowest BCUT2D eigenvalue weighted by Crippen LogP contribution is -2.35. The molecule has 0 aliphatic carbocycles. The first kappa shape index (κ1) is 17.7. The van der Waals surface area contributed by atoms with Crippen molar-refractivity contribution in [1.29, 1.82) is 0 Å². The molecule has 1 saturated heterocycles. The molecule has 3 atom stereocenters. The van der Waals surface area contributed by atoms with Crippen molar-refractivity contribution in [1.82, 2.24) is 0 Å². The third kappa shape index (κ3) is 4.11. The Morgan fingerprint density at radius 2 is 1.58 bits per heavy atom. The van der Waals surface area contributed by atoms with Crippen LogP contribution < -0.4 is 0 Å². The average Bonchev–Trinajstić information content (AvgIpc) is 3.09. The van der Waals surface area contributed by atoms with Gasteiger partial charge in [0, 0.05) is 0 Å². The molecule has 5 heteroatoms. The van der Waals surface area contributed by atoms with Crippen molar-refractivity contribution >= 4 is 11.9 Å². The fourth-order valence-corrected chi connectivity index (χ4v) is 2.70. The molecule has 0 saturated carbocycles. The second-order valence-corrected chi connectivity index (χ2v) is 5.85. The summed E-state index contributed by atoms with van der Waals surface area (Å²) in [6.45, 7) is 0.204. The van der Waals surface area contributed by atoms with Crippen molar-refractivity contribution < 1.29 is 23.8 Å². The van der Waals surface area contributed by atoms with Gasteiger partial charge in [-0.15, -0.1) is 6.42 Å². The van der Waals surface area contributed by atoms with Gasteiger partial charge in [-0.05, 0) is 24.3 Å². The third-order valence-corrected chi connectivity index (χ3v) is 4.11. The summed E-state index contributed by atoms with van der Waals surface area (Å²) < 4.78 is 16.4. The maximum atomic E-state index is 12.3. The molecule has 0 amide bonds. The van der Waals surface area contributed by atoms with Crippen molar-refractivity contribution in [2.24, 2.45) is 5.92 Å². The van der Waals surface area contributed by atoms with E-state index in [-0.39, 0.29) is 19.1 Å². The van der Waals surface area contributed by atoms with E-state index in [9.17, 15) is 9.59 Å². The molecule has 26 heavy (non-hydrogen) atoms. The van der Waals surface area contributed by atoms with Crippen molar-refractivity contribution in [3.05, 3.63) is 71.8 Å². The normalized spacial score (nSPS) is 21.6. The quantitative estimate of drug-likeness (QED) is 0.613. The highest BCUT2D eigenvalue weighted by Crippen LogP contribution is 2.25. The van der Waals surface area contributed by atoms with E-state index in [1.807, 2.05) is 12.1 Å². The van der Waals surface area contributed by atoms with E-state index >= 15 is 0 Å². The van der Waals surface area contributed by atoms with E-state index in [1.165, 1.54) is 0 Å². The molecule has 0 spiro atoms. The standard InChI is InChI=1S/C21H18O5/c1-2-15-13-24-18(14-25-20(22)16-9-5-3-6-10-16)19(15)26-21(23)17-11-7-4-8-12-17/h1,3-12,15,18-19H,13-14H2. The first-order valence-electron chi connectivity index (χ1n) is 8.25. The van der Waals surface area contributed by atoms with Gasteiger partial charge in [0.15, 0.2) is 0 Å². The molecule has 2 aromatic carbocycles. The van der Waals surface area contributed by atoms with Gasteiger partial charge in [0.05, 0.1) is 23.7 Å². The lowest BCUT2D eigenvalue weighted by atomic mass is 10.0. The number of carbonyl (C=O) groups excluding carboxylic acids is 2. The first-order valence-corrected chi connectivity index (χ1v) is 8.25. The molecule has 2 aromatic rings. The van der Waals surface area contributed by atoms with Gasteiger partial charge in [-0.25, -0.2) is 9.59 Å². The second kappa shape index (κ2) is 8.32. The van der Waals surface area contributed by atoms with E-state index in [4.69, 9.17) is 20.6 Å². The van der Waals surface area contributed by atoms with Gasteiger partial charge in [-0.2, -0.15) is 0 Å². The summed E-state index contributed by atoms with van der Waals surface area (Å²) in [4.78, 5) is 24.4. The zero-order chi connectivity index (χ0) is 18.4. The lowest BCUT2D eigenvalue weighted by Gasteiger charge is -2.21. The Labute approximate surface area is 151 Å². The largest absolute Gasteiger partial charge is 0.459 e. The van der Waals surface area contributed by atoms with Crippen LogP contribution in [0, 0.1) is 18.3 Å². The van der Waals surface area contributed by atoms with Gasteiger partial charge < -0.3 is 14.2 Å². The number of carbonyl (C=O) groups is 2. The summed E-state index contributed by atoms with van der Waals surface area (Å²) in [6.07, 6.45) is 4.25. The molecule has 3 rings (SSSR count). The number of hydrogen-bond acceptors (Lipinski definition) is 5. The molecule has 0 aromatic heterocycles. The van der Waals surface area contributed by atoms with Crippen molar-refractivity contribution in [3.8, 4) is 12.3 Å². The topological polar surface area (TPSA) is 61.8 Å². The molecule has 1 aliphatic heterocycles. The Bertz CT molecular complexity index is 794. The number of rotatable bonds is 5. The van der Waals surface area contributed by atoms with Gasteiger partial charge in [-0.3, -0.25) is 0 Å². The van der Waals surface area contributed by atoms with Crippen LogP contribution in [0.4, 0.5) is 0 Å². The highest BCUT2D eigenvalue weighted by atomic mass is 16.6. The maximum Gasteiger partial charge on any atom is 0.338 e. The van der Waals surface area contributed by atoms with Gasteiger partial charge >= 0.3 is 11.9 Å². The first-order chi connectivity index (χ1) is 12.7. The summed E-state index contributed by atoms with van der Waals surface area (Å²) in [7, 11) is 0. The van der Waals surface area contributed by atoms with Crippen LogP contribution in [0.15, 0.2) is 60.7 Å². The Balaban J connectivity index is 1.63. The Morgan fingerprint density at radius 3 is 2.15 bits per heavy atom. The Morgan fingerprint density at radius 1 is 1.00 bits per heavy atom. The molecule has 1 heterocycles. The Kier molecular flexibility index (Phi) is 5.67. The van der Waals surface area contributed by atoms with Crippen LogP contribution in [0.5, 0.6) is 0 Å². The summed E-state index contributed by atoms with van der Waals surface area (Å²) in [6, 6.07) is 17.3. The zero-order valence-corrected chi connectivity index (χ0v) is 14.0. The van der Waals surface area contributed by atoms with Crippen molar-refractivity contribution in [2.45, 2.75) is 12.2 Å². The number of esters is 2. The van der Waals surface area contributed by atoms with Crippen LogP contribution in [-0.2, 0) is 14.2 Å². The second-order valence-electron chi connectivity index (χ2n) is 5.85. The predicted octanol–water partition coefficient (Wildman–Crippen LogP) is 2.72. The minimum absolute atomic E-state index is 0.0430. The lowest BCUT2D eigenvalue weighted by molar-refractivity contribution is -0.0298. The molecule has 0 bridgehead atoms. The maximum absolute atomic E-state index is 12.3. The average molecular weight is 350 g/mol. The highest BCUT2D eigenvalue weighted by molar-refractivity contribution is 5.90. The molecular weight excluding hydrogens is 332 g/mol. The van der Waals surface area contributed by atoms with Crippen LogP contribution >= 0.6 is 0 Å². The molecular formula is C21H18O5. The number of terminal acetylenes is 1. The number of hydrogen-bond donors (Lipinski definition) is 0. The van der Waals surface area contributed by atoms with Gasteiger partial charge in [-0.1, -0.05) is 42.3 Å². The summed E-state index contributed by atoms with van der Waals surface area (Å²) >= 11 is 0.